The van der Waals surface area contributed by atoms with E-state index in [2.05, 4.69) is 99.0 Å². The molecule has 11 heteroatoms. The Labute approximate surface area is 470 Å². The number of rotatable bonds is 52. The lowest BCUT2D eigenvalue weighted by atomic mass is 9.99. The number of unbranched alkanes of at least 4 members (excludes halogenated alkanes) is 26. The van der Waals surface area contributed by atoms with Crippen molar-refractivity contribution in [2.45, 2.75) is 307 Å². The van der Waals surface area contributed by atoms with E-state index in [1.165, 1.54) is 103 Å². The van der Waals surface area contributed by atoms with Crippen LogP contribution in [0.3, 0.4) is 0 Å². The molecule has 0 aromatic heterocycles. The number of allylic oxidation sites excluding steroid dienone is 13. The van der Waals surface area contributed by atoms with E-state index in [0.29, 0.717) is 12.8 Å². The molecule has 1 aliphatic heterocycles. The molecule has 0 aromatic rings. The zero-order valence-electron chi connectivity index (χ0n) is 49.1. The largest absolute Gasteiger partial charge is 0.454 e. The second-order valence-corrected chi connectivity index (χ2v) is 21.4. The third-order valence-corrected chi connectivity index (χ3v) is 14.3. The van der Waals surface area contributed by atoms with Crippen molar-refractivity contribution in [2.24, 2.45) is 0 Å². The van der Waals surface area contributed by atoms with Gasteiger partial charge in [0, 0.05) is 6.42 Å². The van der Waals surface area contributed by atoms with Gasteiger partial charge in [-0.2, -0.15) is 0 Å². The molecule has 0 bridgehead atoms. The summed E-state index contributed by atoms with van der Waals surface area (Å²) in [6.07, 6.45) is 58.9. The Bertz CT molecular complexity index is 1570. The van der Waals surface area contributed by atoms with Crippen LogP contribution in [0.4, 0.5) is 0 Å². The highest BCUT2D eigenvalue weighted by Crippen LogP contribution is 2.26. The first-order chi connectivity index (χ1) is 37.7. The first-order valence-corrected chi connectivity index (χ1v) is 31.4. The van der Waals surface area contributed by atoms with Gasteiger partial charge in [-0.25, -0.2) is 0 Å². The van der Waals surface area contributed by atoms with E-state index in [1.54, 1.807) is 6.08 Å². The molecule has 1 amide bonds. The van der Waals surface area contributed by atoms with Crippen LogP contribution in [-0.2, 0) is 23.8 Å². The van der Waals surface area contributed by atoms with E-state index >= 15 is 0 Å². The fraction of sp³-hybridized carbons (Fsp3) is 0.758. The van der Waals surface area contributed by atoms with Crippen molar-refractivity contribution in [1.29, 1.82) is 0 Å². The Hall–Kier alpha value is -3.16. The Balaban J connectivity index is 2.72. The number of hydrogen-bond donors (Lipinski definition) is 6. The number of carbonyl (C=O) groups excluding carboxylic acids is 2. The minimum atomic E-state index is -1.63. The number of nitrogens with one attached hydrogen (secondary N) is 1. The van der Waals surface area contributed by atoms with E-state index in [1.807, 2.05) is 6.08 Å². The van der Waals surface area contributed by atoms with Gasteiger partial charge in [0.15, 0.2) is 12.4 Å². The molecule has 1 heterocycles. The highest BCUT2D eigenvalue weighted by Gasteiger charge is 2.47. The van der Waals surface area contributed by atoms with Crippen molar-refractivity contribution in [2.75, 3.05) is 13.2 Å². The topological polar surface area (TPSA) is 175 Å². The molecule has 0 aromatic carbocycles. The predicted molar refractivity (Wildman–Crippen MR) is 319 cm³/mol. The van der Waals surface area contributed by atoms with Gasteiger partial charge in [-0.15, -0.1) is 0 Å². The van der Waals surface area contributed by atoms with Crippen molar-refractivity contribution in [1.82, 2.24) is 5.32 Å². The summed E-state index contributed by atoms with van der Waals surface area (Å²) in [5, 5.41) is 57.0. The van der Waals surface area contributed by atoms with Crippen LogP contribution in [0.15, 0.2) is 85.1 Å². The van der Waals surface area contributed by atoms with E-state index in [9.17, 15) is 35.1 Å². The standard InChI is InChI=1S/C66H115NO10/c1-4-7-10-13-16-19-22-25-27-29-30-31-33-36-39-42-45-48-51-54-61(71)77-64-63(73)62(72)60(55-68)76-66(64)75-56-57(58(69)52-49-46-43-40-37-34-24-21-18-15-12-9-6-3)67-65(74)59(70)53-50-47-44-41-38-35-32-28-26-23-20-17-14-11-8-5-2/h16-17,19-20,25-28,30-31,35,38,49,52,57-60,62-64,66,68-70,72-73H,4-15,18,21-24,29,32-34,36-37,39-48,50-51,53-56H2,1-3H3,(H,67,74)/b19-16-,20-17-,27-25-,28-26-,31-30-,38-35-,52-49+. The van der Waals surface area contributed by atoms with Gasteiger partial charge < -0.3 is 45.1 Å². The zero-order valence-corrected chi connectivity index (χ0v) is 49.1. The van der Waals surface area contributed by atoms with Crippen molar-refractivity contribution in [3.8, 4) is 0 Å². The van der Waals surface area contributed by atoms with Crippen molar-refractivity contribution >= 4 is 11.9 Å². The average Bonchev–Trinajstić information content (AvgIpc) is 3.43. The van der Waals surface area contributed by atoms with Crippen molar-refractivity contribution < 1.29 is 49.3 Å². The number of aliphatic hydroxyl groups is 5. The van der Waals surface area contributed by atoms with Crippen LogP contribution in [0.1, 0.15) is 258 Å². The molecule has 1 rings (SSSR count). The monoisotopic (exact) mass is 1080 g/mol. The molecule has 11 nitrogen and oxygen atoms in total. The molecule has 0 aliphatic carbocycles. The van der Waals surface area contributed by atoms with E-state index < -0.39 is 67.4 Å². The molecule has 1 aliphatic rings. The highest BCUT2D eigenvalue weighted by atomic mass is 16.7. The van der Waals surface area contributed by atoms with Gasteiger partial charge in [0.25, 0.3) is 0 Å². The fourth-order valence-electron chi connectivity index (χ4n) is 9.25. The molecular weight excluding hydrogens is 967 g/mol. The third-order valence-electron chi connectivity index (χ3n) is 14.3. The molecule has 8 atom stereocenters. The second kappa shape index (κ2) is 53.5. The summed E-state index contributed by atoms with van der Waals surface area (Å²) in [6.45, 7) is 5.71. The van der Waals surface area contributed by atoms with Crippen LogP contribution in [0, 0.1) is 0 Å². The molecule has 6 N–H and O–H groups in total. The van der Waals surface area contributed by atoms with Crippen LogP contribution in [-0.4, -0.2) is 99.6 Å². The van der Waals surface area contributed by atoms with Crippen molar-refractivity contribution in [3.63, 3.8) is 0 Å². The van der Waals surface area contributed by atoms with Crippen LogP contribution in [0.2, 0.25) is 0 Å². The maximum absolute atomic E-state index is 13.4. The van der Waals surface area contributed by atoms with Crippen LogP contribution >= 0.6 is 0 Å². The lowest BCUT2D eigenvalue weighted by molar-refractivity contribution is -0.305. The van der Waals surface area contributed by atoms with Gasteiger partial charge in [0.05, 0.1) is 25.4 Å². The molecule has 0 spiro atoms. The Morgan fingerprint density at radius 1 is 0.506 bits per heavy atom. The third kappa shape index (κ3) is 41.5. The maximum Gasteiger partial charge on any atom is 0.306 e. The molecule has 0 saturated carbocycles. The fourth-order valence-corrected chi connectivity index (χ4v) is 9.25. The first-order valence-electron chi connectivity index (χ1n) is 31.4. The molecule has 8 unspecified atom stereocenters. The predicted octanol–water partition coefficient (Wildman–Crippen LogP) is 14.9. The maximum atomic E-state index is 13.4. The summed E-state index contributed by atoms with van der Waals surface area (Å²) in [5.41, 5.74) is 0. The normalized spacial score (nSPS) is 19.6. The Morgan fingerprint density at radius 3 is 1.36 bits per heavy atom. The zero-order chi connectivity index (χ0) is 56.1. The summed E-state index contributed by atoms with van der Waals surface area (Å²) in [7, 11) is 0. The second-order valence-electron chi connectivity index (χ2n) is 21.4. The van der Waals surface area contributed by atoms with Gasteiger partial charge >= 0.3 is 5.97 Å². The lowest BCUT2D eigenvalue weighted by Crippen LogP contribution is -2.61. The molecule has 1 fully saturated rings. The average molecular weight is 1080 g/mol. The molecular formula is C66H115NO10. The van der Waals surface area contributed by atoms with E-state index in [0.717, 1.165) is 109 Å². The van der Waals surface area contributed by atoms with Crippen LogP contribution in [0.25, 0.3) is 0 Å². The van der Waals surface area contributed by atoms with Gasteiger partial charge in [-0.3, -0.25) is 9.59 Å². The minimum absolute atomic E-state index is 0.103. The highest BCUT2D eigenvalue weighted by molar-refractivity contribution is 5.80. The van der Waals surface area contributed by atoms with Gasteiger partial charge in [-0.1, -0.05) is 234 Å². The summed E-state index contributed by atoms with van der Waals surface area (Å²) >= 11 is 0. The molecule has 0 radical (unpaired) electrons. The number of amides is 1. The summed E-state index contributed by atoms with van der Waals surface area (Å²) in [6, 6.07) is -1.04. The summed E-state index contributed by atoms with van der Waals surface area (Å²) in [5.74, 6) is -1.23. The molecule has 77 heavy (non-hydrogen) atoms. The number of esters is 1. The van der Waals surface area contributed by atoms with Crippen LogP contribution in [0.5, 0.6) is 0 Å². The van der Waals surface area contributed by atoms with Gasteiger partial charge in [0.2, 0.25) is 5.91 Å². The minimum Gasteiger partial charge on any atom is -0.454 e. The molecule has 444 valence electrons. The number of hydrogen-bond acceptors (Lipinski definition) is 10. The van der Waals surface area contributed by atoms with E-state index in [-0.39, 0.29) is 19.4 Å². The lowest BCUT2D eigenvalue weighted by Gasteiger charge is -2.41. The summed E-state index contributed by atoms with van der Waals surface area (Å²) in [4.78, 5) is 26.5. The van der Waals surface area contributed by atoms with Gasteiger partial charge in [-0.05, 0) is 103 Å². The van der Waals surface area contributed by atoms with Crippen LogP contribution < -0.4 is 5.32 Å². The quantitative estimate of drug-likeness (QED) is 0.0195. The first kappa shape index (κ1) is 71.9. The van der Waals surface area contributed by atoms with Gasteiger partial charge in [0.1, 0.15) is 24.4 Å². The summed E-state index contributed by atoms with van der Waals surface area (Å²) < 4.78 is 17.6. The van der Waals surface area contributed by atoms with E-state index in [4.69, 9.17) is 14.2 Å². The number of carbonyl (C=O) groups is 2. The Kier molecular flexibility index (Phi) is 49.9. The Morgan fingerprint density at radius 2 is 0.896 bits per heavy atom. The SMILES string of the molecule is CCCCC/C=C\C/C=C\C/C=C\CCCCCCCCC(=O)OC1C(OCC(NC(=O)C(O)CCCCC/C=C\C/C=C\C/C=C\CCCCC)C(O)/C=C/CCCCCCCCCCCCC)OC(CO)C(O)C1O. The molecule has 1 saturated heterocycles. The number of ether oxygens (including phenoxy) is 3. The smallest absolute Gasteiger partial charge is 0.306 e. The van der Waals surface area contributed by atoms with Crippen molar-refractivity contribution in [3.05, 3.63) is 85.1 Å². The number of aliphatic hydroxyl groups excluding tert-OH is 5.